The first-order chi connectivity index (χ1) is 8.22. The zero-order valence-electron chi connectivity index (χ0n) is 11.0. The maximum Gasteiger partial charge on any atom is 0.123 e. The zero-order chi connectivity index (χ0) is 12.7. The largest absolute Gasteiger partial charge is 0.494 e. The number of ether oxygens (including phenoxy) is 2. The number of benzene rings is 1. The van der Waals surface area contributed by atoms with E-state index in [2.05, 4.69) is 19.6 Å². The Morgan fingerprint density at radius 1 is 1.24 bits per heavy atom. The first-order valence-electron chi connectivity index (χ1n) is 6.23. The summed E-state index contributed by atoms with van der Waals surface area (Å²) in [5.74, 6) is 2.25. The summed E-state index contributed by atoms with van der Waals surface area (Å²) in [6.45, 7) is 11.3. The van der Waals surface area contributed by atoms with Gasteiger partial charge in [0.15, 0.2) is 0 Å². The van der Waals surface area contributed by atoms with Crippen LogP contribution in [-0.2, 0) is 0 Å². The van der Waals surface area contributed by atoms with Crippen molar-refractivity contribution in [3.8, 4) is 11.5 Å². The van der Waals surface area contributed by atoms with Crippen molar-refractivity contribution in [2.45, 2.75) is 33.1 Å². The van der Waals surface area contributed by atoms with E-state index in [9.17, 15) is 0 Å². The molecule has 1 unspecified atom stereocenters. The Hall–Kier alpha value is -1.44. The minimum absolute atomic E-state index is 0.398. The lowest BCUT2D eigenvalue weighted by atomic mass is 9.96. The fourth-order valence-electron chi connectivity index (χ4n) is 1.83. The molecule has 0 spiro atoms. The Bertz CT molecular complexity index is 358. The van der Waals surface area contributed by atoms with E-state index >= 15 is 0 Å². The van der Waals surface area contributed by atoms with Gasteiger partial charge in [-0.3, -0.25) is 0 Å². The van der Waals surface area contributed by atoms with Crippen LogP contribution in [0.5, 0.6) is 11.5 Å². The lowest BCUT2D eigenvalue weighted by Gasteiger charge is -2.16. The molecule has 2 heteroatoms. The van der Waals surface area contributed by atoms with E-state index in [1.807, 2.05) is 32.1 Å². The van der Waals surface area contributed by atoms with Crippen LogP contribution < -0.4 is 9.47 Å². The molecule has 1 aromatic rings. The molecule has 0 amide bonds. The lowest BCUT2D eigenvalue weighted by Crippen LogP contribution is -2.01. The SMILES string of the molecule is C=CCC(C)c1cc(OCC)ccc1OCC. The molecule has 0 aliphatic carbocycles. The number of hydrogen-bond acceptors (Lipinski definition) is 2. The molecule has 0 bridgehead atoms. The van der Waals surface area contributed by atoms with Crippen molar-refractivity contribution in [3.63, 3.8) is 0 Å². The summed E-state index contributed by atoms with van der Waals surface area (Å²) in [7, 11) is 0. The minimum Gasteiger partial charge on any atom is -0.494 e. The maximum absolute atomic E-state index is 5.65. The predicted molar refractivity (Wildman–Crippen MR) is 72.0 cm³/mol. The molecule has 0 heterocycles. The van der Waals surface area contributed by atoms with Crippen molar-refractivity contribution >= 4 is 0 Å². The smallest absolute Gasteiger partial charge is 0.123 e. The van der Waals surface area contributed by atoms with E-state index < -0.39 is 0 Å². The van der Waals surface area contributed by atoms with Crippen molar-refractivity contribution in [3.05, 3.63) is 36.4 Å². The summed E-state index contributed by atoms with van der Waals surface area (Å²) in [6, 6.07) is 6.02. The van der Waals surface area contributed by atoms with Gasteiger partial charge in [0.1, 0.15) is 11.5 Å². The molecule has 1 aromatic carbocycles. The highest BCUT2D eigenvalue weighted by atomic mass is 16.5. The van der Waals surface area contributed by atoms with Gasteiger partial charge < -0.3 is 9.47 Å². The molecule has 2 nitrogen and oxygen atoms in total. The van der Waals surface area contributed by atoms with Crippen LogP contribution in [0.15, 0.2) is 30.9 Å². The molecule has 0 aromatic heterocycles. The van der Waals surface area contributed by atoms with E-state index in [1.165, 1.54) is 5.56 Å². The van der Waals surface area contributed by atoms with E-state index in [0.29, 0.717) is 19.1 Å². The second-order valence-electron chi connectivity index (χ2n) is 3.99. The van der Waals surface area contributed by atoms with E-state index in [4.69, 9.17) is 9.47 Å². The molecule has 1 rings (SSSR count). The van der Waals surface area contributed by atoms with Crippen LogP contribution >= 0.6 is 0 Å². The first kappa shape index (κ1) is 13.6. The summed E-state index contributed by atoms with van der Waals surface area (Å²) in [4.78, 5) is 0. The van der Waals surface area contributed by atoms with Crippen molar-refractivity contribution in [2.75, 3.05) is 13.2 Å². The average molecular weight is 234 g/mol. The van der Waals surface area contributed by atoms with Crippen molar-refractivity contribution in [1.82, 2.24) is 0 Å². The molecule has 0 N–H and O–H groups in total. The molecular weight excluding hydrogens is 212 g/mol. The molecule has 94 valence electrons. The van der Waals surface area contributed by atoms with Gasteiger partial charge in [0.25, 0.3) is 0 Å². The van der Waals surface area contributed by atoms with Gasteiger partial charge >= 0.3 is 0 Å². The van der Waals surface area contributed by atoms with Crippen molar-refractivity contribution < 1.29 is 9.47 Å². The summed E-state index contributed by atoms with van der Waals surface area (Å²) in [5, 5.41) is 0. The van der Waals surface area contributed by atoms with Crippen LogP contribution in [0.2, 0.25) is 0 Å². The Kier molecular flexibility index (Phi) is 5.61. The van der Waals surface area contributed by atoms with Gasteiger partial charge in [0, 0.05) is 5.56 Å². The highest BCUT2D eigenvalue weighted by Gasteiger charge is 2.12. The minimum atomic E-state index is 0.398. The third-order valence-electron chi connectivity index (χ3n) is 2.64. The van der Waals surface area contributed by atoms with Crippen LogP contribution in [0.4, 0.5) is 0 Å². The number of allylic oxidation sites excluding steroid dienone is 1. The topological polar surface area (TPSA) is 18.5 Å². The van der Waals surface area contributed by atoms with E-state index in [0.717, 1.165) is 17.9 Å². The number of hydrogen-bond donors (Lipinski definition) is 0. The molecule has 0 saturated heterocycles. The Labute approximate surface area is 104 Å². The predicted octanol–water partition coefficient (Wildman–Crippen LogP) is 4.16. The highest BCUT2D eigenvalue weighted by molar-refractivity contribution is 5.42. The Balaban J connectivity index is 3.00. The molecular formula is C15H22O2. The van der Waals surface area contributed by atoms with Gasteiger partial charge in [0.2, 0.25) is 0 Å². The van der Waals surface area contributed by atoms with E-state index in [1.54, 1.807) is 0 Å². The summed E-state index contributed by atoms with van der Waals surface area (Å²) in [6.07, 6.45) is 2.88. The van der Waals surface area contributed by atoms with Crippen molar-refractivity contribution in [2.24, 2.45) is 0 Å². The molecule has 0 aliphatic rings. The molecule has 1 atom stereocenters. The van der Waals surface area contributed by atoms with Crippen LogP contribution in [0, 0.1) is 0 Å². The standard InChI is InChI=1S/C15H22O2/c1-5-8-12(4)14-11-13(16-6-2)9-10-15(14)17-7-3/h5,9-12H,1,6-8H2,2-4H3. The summed E-state index contributed by atoms with van der Waals surface area (Å²) >= 11 is 0. The Morgan fingerprint density at radius 2 is 1.94 bits per heavy atom. The third-order valence-corrected chi connectivity index (χ3v) is 2.64. The normalized spacial score (nSPS) is 11.9. The van der Waals surface area contributed by atoms with Crippen molar-refractivity contribution in [1.29, 1.82) is 0 Å². The zero-order valence-corrected chi connectivity index (χ0v) is 11.0. The monoisotopic (exact) mass is 234 g/mol. The maximum atomic E-state index is 5.65. The quantitative estimate of drug-likeness (QED) is 0.659. The molecule has 17 heavy (non-hydrogen) atoms. The van der Waals surface area contributed by atoms with Crippen LogP contribution in [-0.4, -0.2) is 13.2 Å². The summed E-state index contributed by atoms with van der Waals surface area (Å²) in [5.41, 5.74) is 1.19. The van der Waals surface area contributed by atoms with E-state index in [-0.39, 0.29) is 0 Å². The van der Waals surface area contributed by atoms with Gasteiger partial charge in [-0.05, 0) is 44.4 Å². The van der Waals surface area contributed by atoms with Gasteiger partial charge in [-0.25, -0.2) is 0 Å². The van der Waals surface area contributed by atoms with Gasteiger partial charge in [-0.2, -0.15) is 0 Å². The number of rotatable bonds is 7. The van der Waals surface area contributed by atoms with Gasteiger partial charge in [0.05, 0.1) is 13.2 Å². The fourth-order valence-corrected chi connectivity index (χ4v) is 1.83. The Morgan fingerprint density at radius 3 is 2.53 bits per heavy atom. The molecule has 0 radical (unpaired) electrons. The highest BCUT2D eigenvalue weighted by Crippen LogP contribution is 2.32. The van der Waals surface area contributed by atoms with Crippen LogP contribution in [0.3, 0.4) is 0 Å². The third kappa shape index (κ3) is 3.81. The van der Waals surface area contributed by atoms with Crippen LogP contribution in [0.1, 0.15) is 38.7 Å². The van der Waals surface area contributed by atoms with Gasteiger partial charge in [-0.15, -0.1) is 6.58 Å². The molecule has 0 aliphatic heterocycles. The average Bonchev–Trinajstić information content (AvgIpc) is 2.32. The van der Waals surface area contributed by atoms with Gasteiger partial charge in [-0.1, -0.05) is 13.0 Å². The molecule has 0 saturated carbocycles. The lowest BCUT2D eigenvalue weighted by molar-refractivity contribution is 0.325. The molecule has 0 fully saturated rings. The van der Waals surface area contributed by atoms with Crippen LogP contribution in [0.25, 0.3) is 0 Å². The second kappa shape index (κ2) is 7.00. The summed E-state index contributed by atoms with van der Waals surface area (Å²) < 4.78 is 11.2. The second-order valence-corrected chi connectivity index (χ2v) is 3.99. The fraction of sp³-hybridized carbons (Fsp3) is 0.467. The first-order valence-corrected chi connectivity index (χ1v) is 6.23.